The van der Waals surface area contributed by atoms with Crippen molar-refractivity contribution in [1.82, 2.24) is 14.9 Å². The predicted octanol–water partition coefficient (Wildman–Crippen LogP) is 3.35. The Balaban J connectivity index is 0.000000256. The van der Waals surface area contributed by atoms with Gasteiger partial charge in [0.2, 0.25) is 16.3 Å². The molecule has 3 fully saturated rings. The van der Waals surface area contributed by atoms with Gasteiger partial charge in [0.25, 0.3) is 0 Å². The number of likely N-dealkylation sites (tertiary alicyclic amines) is 1. The van der Waals surface area contributed by atoms with E-state index in [0.29, 0.717) is 18.0 Å². The molecule has 3 heterocycles. The van der Waals surface area contributed by atoms with Gasteiger partial charge in [-0.05, 0) is 32.1 Å². The van der Waals surface area contributed by atoms with E-state index in [9.17, 15) is 22.6 Å². The van der Waals surface area contributed by atoms with Crippen LogP contribution in [0.25, 0.3) is 0 Å². The first kappa shape index (κ1) is 30.8. The van der Waals surface area contributed by atoms with Crippen molar-refractivity contribution in [2.24, 2.45) is 5.92 Å². The fourth-order valence-corrected chi connectivity index (χ4v) is 6.19. The monoisotopic (exact) mass is 532 g/mol. The quantitative estimate of drug-likeness (QED) is 0.193. The summed E-state index contributed by atoms with van der Waals surface area (Å²) in [7, 11) is -3.33. The van der Waals surface area contributed by atoms with E-state index in [4.69, 9.17) is 0 Å². The van der Waals surface area contributed by atoms with Crippen LogP contribution >= 0.6 is 0 Å². The molecule has 0 aromatic carbocycles. The topological polar surface area (TPSA) is 110 Å². The third kappa shape index (κ3) is 8.03. The van der Waals surface area contributed by atoms with Crippen LogP contribution in [0.4, 0.5) is 4.79 Å². The molecule has 0 aromatic heterocycles. The number of hydrogen-bond acceptors (Lipinski definition) is 6. The third-order valence-electron chi connectivity index (χ3n) is 7.78. The van der Waals surface area contributed by atoms with Gasteiger partial charge in [0, 0.05) is 26.1 Å². The first-order valence-electron chi connectivity index (χ1n) is 13.9. The van der Waals surface area contributed by atoms with Gasteiger partial charge in [0.05, 0.1) is 32.2 Å². The maximum Gasteiger partial charge on any atom is 0.346 e. The summed E-state index contributed by atoms with van der Waals surface area (Å²) in [6.45, 7) is 15.7. The molecular formula is C25H48N4O6S. The molecule has 0 saturated carbocycles. The largest absolute Gasteiger partial charge is 0.724 e. The number of piperidine rings is 1. The first-order chi connectivity index (χ1) is 17.0. The summed E-state index contributed by atoms with van der Waals surface area (Å²) in [6, 6.07) is -1.81. The average Bonchev–Trinajstić information content (AvgIpc) is 3.25. The molecule has 0 spiro atoms. The zero-order valence-electron chi connectivity index (χ0n) is 23.0. The van der Waals surface area contributed by atoms with Gasteiger partial charge < -0.3 is 18.8 Å². The van der Waals surface area contributed by atoms with Crippen LogP contribution in [0.2, 0.25) is 0 Å². The van der Waals surface area contributed by atoms with Crippen molar-refractivity contribution in [1.29, 1.82) is 0 Å². The Labute approximate surface area is 218 Å². The molecule has 0 aliphatic carbocycles. The zero-order valence-corrected chi connectivity index (χ0v) is 23.8. The Hall–Kier alpha value is -1.43. The molecule has 0 radical (unpaired) electrons. The number of hydroxylamine groups is 2. The van der Waals surface area contributed by atoms with Crippen molar-refractivity contribution in [3.8, 4) is 0 Å². The minimum atomic E-state index is -4.99. The molecule has 3 aliphatic heterocycles. The summed E-state index contributed by atoms with van der Waals surface area (Å²) < 4.78 is 37.5. The summed E-state index contributed by atoms with van der Waals surface area (Å²) in [5, 5.41) is 0.591. The van der Waals surface area contributed by atoms with E-state index in [0.717, 1.165) is 0 Å². The van der Waals surface area contributed by atoms with E-state index < -0.39 is 28.5 Å². The van der Waals surface area contributed by atoms with E-state index >= 15 is 0 Å². The second-order valence-corrected chi connectivity index (χ2v) is 11.7. The molecule has 2 bridgehead atoms. The Bertz CT molecular complexity index is 786. The number of amides is 3. The molecule has 0 unspecified atom stereocenters. The number of hydrogen-bond donors (Lipinski definition) is 0. The van der Waals surface area contributed by atoms with Gasteiger partial charge in [-0.15, -0.1) is 0 Å². The van der Waals surface area contributed by atoms with E-state index in [1.807, 2.05) is 0 Å². The number of fused-ring (bicyclic) bond motifs is 4. The fourth-order valence-electron chi connectivity index (χ4n) is 5.81. The third-order valence-corrected chi connectivity index (χ3v) is 8.13. The van der Waals surface area contributed by atoms with Crippen LogP contribution in [0.5, 0.6) is 0 Å². The van der Waals surface area contributed by atoms with E-state index in [1.165, 1.54) is 86.9 Å². The molecule has 3 saturated heterocycles. The lowest BCUT2D eigenvalue weighted by molar-refractivity contribution is -0.929. The highest BCUT2D eigenvalue weighted by atomic mass is 32.3. The van der Waals surface area contributed by atoms with E-state index in [1.54, 1.807) is 11.9 Å². The molecule has 10 nitrogen and oxygen atoms in total. The summed E-state index contributed by atoms with van der Waals surface area (Å²) in [4.78, 5) is 26.8. The van der Waals surface area contributed by atoms with Gasteiger partial charge in [-0.2, -0.15) is 9.35 Å². The van der Waals surface area contributed by atoms with Crippen molar-refractivity contribution in [2.75, 3.05) is 46.3 Å². The van der Waals surface area contributed by atoms with Gasteiger partial charge in [0.15, 0.2) is 0 Å². The number of rotatable bonds is 14. The smallest absolute Gasteiger partial charge is 0.346 e. The molecule has 0 aromatic rings. The van der Waals surface area contributed by atoms with Crippen molar-refractivity contribution >= 4 is 22.3 Å². The lowest BCUT2D eigenvalue weighted by atomic mass is 9.91. The van der Waals surface area contributed by atoms with Crippen molar-refractivity contribution in [3.05, 3.63) is 0 Å². The van der Waals surface area contributed by atoms with Crippen molar-refractivity contribution in [2.45, 2.75) is 97.6 Å². The highest BCUT2D eigenvalue weighted by Gasteiger charge is 2.56. The molecule has 11 heteroatoms. The molecule has 0 N–H and O–H groups in total. The van der Waals surface area contributed by atoms with E-state index in [2.05, 4.69) is 32.0 Å². The molecule has 36 heavy (non-hydrogen) atoms. The average molecular weight is 533 g/mol. The van der Waals surface area contributed by atoms with Gasteiger partial charge in [-0.1, -0.05) is 53.4 Å². The summed E-state index contributed by atoms with van der Waals surface area (Å²) in [6.07, 6.45) is 11.5. The van der Waals surface area contributed by atoms with Gasteiger partial charge in [0.1, 0.15) is 6.04 Å². The maximum atomic E-state index is 12.0. The summed E-state index contributed by atoms with van der Waals surface area (Å²) in [5.41, 5.74) is 0. The highest BCUT2D eigenvalue weighted by Crippen LogP contribution is 2.38. The first-order valence-corrected chi connectivity index (χ1v) is 15.2. The SMILES string of the molecule is CCCC[N+](CCCC)(CCCC)CCCC.CN1C[C@@H]2C[C@@H]3CN(C(=O)N3OS(=O)(=O)[O-])[C@@H]2C1=O. The van der Waals surface area contributed by atoms with Crippen LogP contribution in [0.1, 0.15) is 85.5 Å². The van der Waals surface area contributed by atoms with Gasteiger partial charge in [-0.25, -0.2) is 13.2 Å². The minimum Gasteiger partial charge on any atom is -0.724 e. The molecular weight excluding hydrogens is 484 g/mol. The van der Waals surface area contributed by atoms with Crippen LogP contribution < -0.4 is 0 Å². The van der Waals surface area contributed by atoms with Crippen LogP contribution in [-0.2, 0) is 19.5 Å². The maximum absolute atomic E-state index is 12.0. The lowest BCUT2D eigenvalue weighted by Crippen LogP contribution is -2.50. The molecule has 3 aliphatic rings. The van der Waals surface area contributed by atoms with Gasteiger partial charge in [-0.3, -0.25) is 4.79 Å². The molecule has 210 valence electrons. The standard InChI is InChI=1S/C16H36N.C9H13N3O6S/c1-5-9-13-17(14-10-6-2,15-11-7-3)16-12-8-4;1-10-3-5-2-6-4-11(7(5)8(10)13)9(14)12(6)18-19(15,16)17/h5-16H2,1-4H3;5-7H,2-4H2,1H3,(H,15,16,17)/q+1;/p-1/t;5-,6+,7-/m.0/s1. The number of likely N-dealkylation sites (N-methyl/N-ethyl adjacent to an activating group) is 1. The minimum absolute atomic E-state index is 0.0526. The molecule has 3 amide bonds. The van der Waals surface area contributed by atoms with Crippen molar-refractivity contribution in [3.63, 3.8) is 0 Å². The Morgan fingerprint density at radius 2 is 1.36 bits per heavy atom. The second kappa shape index (κ2) is 13.9. The van der Waals surface area contributed by atoms with Crippen LogP contribution in [0.15, 0.2) is 0 Å². The van der Waals surface area contributed by atoms with Crippen LogP contribution in [-0.4, -0.2) is 103 Å². The predicted molar refractivity (Wildman–Crippen MR) is 137 cm³/mol. The van der Waals surface area contributed by atoms with Crippen molar-refractivity contribution < 1.29 is 31.3 Å². The van der Waals surface area contributed by atoms with Gasteiger partial charge >= 0.3 is 6.03 Å². The number of unbranched alkanes of at least 4 members (excludes halogenated alkanes) is 4. The lowest BCUT2D eigenvalue weighted by Gasteiger charge is -2.39. The number of nitrogens with zero attached hydrogens (tertiary/aromatic N) is 4. The Kier molecular flexibility index (Phi) is 11.9. The number of carbonyl (C=O) groups excluding carboxylic acids is 2. The fraction of sp³-hybridized carbons (Fsp3) is 0.920. The zero-order chi connectivity index (χ0) is 26.9. The normalized spacial score (nSPS) is 23.7. The second-order valence-electron chi connectivity index (χ2n) is 10.7. The van der Waals surface area contributed by atoms with Crippen LogP contribution in [0, 0.1) is 5.92 Å². The molecule has 3 rings (SSSR count). The number of carbonyl (C=O) groups is 2. The van der Waals surface area contributed by atoms with E-state index in [-0.39, 0.29) is 18.4 Å². The molecule has 3 atom stereocenters. The summed E-state index contributed by atoms with van der Waals surface area (Å²) in [5.74, 6) is -0.216. The number of quaternary nitrogens is 1. The van der Waals surface area contributed by atoms with Crippen LogP contribution in [0.3, 0.4) is 0 Å². The summed E-state index contributed by atoms with van der Waals surface area (Å²) >= 11 is 0. The Morgan fingerprint density at radius 3 is 1.78 bits per heavy atom. The number of urea groups is 1. The highest BCUT2D eigenvalue weighted by molar-refractivity contribution is 7.80. The Morgan fingerprint density at radius 1 is 0.889 bits per heavy atom.